The van der Waals surface area contributed by atoms with Gasteiger partial charge in [0.25, 0.3) is 0 Å². The molecule has 19 heavy (non-hydrogen) atoms. The van der Waals surface area contributed by atoms with Crippen LogP contribution in [0.3, 0.4) is 0 Å². The Hall–Kier alpha value is -1.55. The lowest BCUT2D eigenvalue weighted by Crippen LogP contribution is -2.49. The van der Waals surface area contributed by atoms with Crippen molar-refractivity contribution in [2.24, 2.45) is 0 Å². The van der Waals surface area contributed by atoms with Crippen molar-refractivity contribution in [2.45, 2.75) is 38.8 Å². The highest BCUT2D eigenvalue weighted by Gasteiger charge is 2.32. The van der Waals surface area contributed by atoms with E-state index in [2.05, 4.69) is 30.1 Å². The molecule has 0 spiro atoms. The van der Waals surface area contributed by atoms with Gasteiger partial charge in [0.2, 0.25) is 5.91 Å². The minimum atomic E-state index is -0.495. The van der Waals surface area contributed by atoms with Crippen LogP contribution in [0.2, 0.25) is 0 Å². The summed E-state index contributed by atoms with van der Waals surface area (Å²) in [5.41, 5.74) is 2.27. The molecule has 1 aliphatic rings. The SMILES string of the molecule is CCc1ccccc1N1C(C)CCNC(=O)C1CO. The summed E-state index contributed by atoms with van der Waals surface area (Å²) in [6, 6.07) is 7.85. The van der Waals surface area contributed by atoms with Gasteiger partial charge >= 0.3 is 0 Å². The molecule has 1 fully saturated rings. The zero-order valence-electron chi connectivity index (χ0n) is 11.6. The molecule has 0 aromatic heterocycles. The third-order valence-corrected chi connectivity index (χ3v) is 3.80. The summed E-state index contributed by atoms with van der Waals surface area (Å²) in [6.07, 6.45) is 1.81. The summed E-state index contributed by atoms with van der Waals surface area (Å²) in [5, 5.41) is 12.5. The summed E-state index contributed by atoms with van der Waals surface area (Å²) in [5.74, 6) is -0.0854. The molecule has 4 heteroatoms. The second-order valence-electron chi connectivity index (χ2n) is 5.02. The van der Waals surface area contributed by atoms with Crippen molar-refractivity contribution in [3.63, 3.8) is 0 Å². The van der Waals surface area contributed by atoms with Gasteiger partial charge in [0, 0.05) is 18.3 Å². The number of rotatable bonds is 3. The Morgan fingerprint density at radius 2 is 2.16 bits per heavy atom. The molecule has 2 N–H and O–H groups in total. The fourth-order valence-corrected chi connectivity index (χ4v) is 2.73. The third kappa shape index (κ3) is 2.73. The Morgan fingerprint density at radius 3 is 2.84 bits per heavy atom. The van der Waals surface area contributed by atoms with Crippen molar-refractivity contribution >= 4 is 11.6 Å². The molecule has 0 radical (unpaired) electrons. The van der Waals surface area contributed by atoms with E-state index in [-0.39, 0.29) is 18.6 Å². The maximum absolute atomic E-state index is 12.1. The normalized spacial score (nSPS) is 23.9. The minimum absolute atomic E-state index is 0.0854. The number of hydrogen-bond donors (Lipinski definition) is 2. The van der Waals surface area contributed by atoms with Gasteiger partial charge in [-0.15, -0.1) is 0 Å². The molecule has 2 unspecified atom stereocenters. The molecule has 1 amide bonds. The van der Waals surface area contributed by atoms with Gasteiger partial charge in [-0.3, -0.25) is 4.79 Å². The van der Waals surface area contributed by atoms with Gasteiger partial charge < -0.3 is 15.3 Å². The number of amides is 1. The monoisotopic (exact) mass is 262 g/mol. The molecule has 104 valence electrons. The predicted molar refractivity (Wildman–Crippen MR) is 76.3 cm³/mol. The quantitative estimate of drug-likeness (QED) is 0.864. The number of aliphatic hydroxyl groups excluding tert-OH is 1. The Balaban J connectivity index is 2.44. The van der Waals surface area contributed by atoms with Gasteiger partial charge in [-0.2, -0.15) is 0 Å². The van der Waals surface area contributed by atoms with Crippen molar-refractivity contribution in [3.8, 4) is 0 Å². The maximum Gasteiger partial charge on any atom is 0.245 e. The standard InChI is InChI=1S/C15H22N2O2/c1-3-12-6-4-5-7-13(12)17-11(2)8-9-16-15(19)14(17)10-18/h4-7,11,14,18H,3,8-10H2,1-2H3,(H,16,19). The molecule has 0 bridgehead atoms. The number of hydrogen-bond acceptors (Lipinski definition) is 3. The molecule has 4 nitrogen and oxygen atoms in total. The fraction of sp³-hybridized carbons (Fsp3) is 0.533. The van der Waals surface area contributed by atoms with Crippen LogP contribution in [-0.2, 0) is 11.2 Å². The van der Waals surface area contributed by atoms with E-state index in [1.54, 1.807) is 0 Å². The number of anilines is 1. The average molecular weight is 262 g/mol. The highest BCUT2D eigenvalue weighted by atomic mass is 16.3. The van der Waals surface area contributed by atoms with Crippen LogP contribution in [0.15, 0.2) is 24.3 Å². The first kappa shape index (κ1) is 13.9. The number of nitrogens with zero attached hydrogens (tertiary/aromatic N) is 1. The Labute approximate surface area is 114 Å². The van der Waals surface area contributed by atoms with Gasteiger partial charge in [-0.25, -0.2) is 0 Å². The second kappa shape index (κ2) is 6.06. The van der Waals surface area contributed by atoms with Crippen molar-refractivity contribution in [1.29, 1.82) is 0 Å². The molecule has 1 saturated heterocycles. The van der Waals surface area contributed by atoms with Crippen LogP contribution < -0.4 is 10.2 Å². The number of benzene rings is 1. The smallest absolute Gasteiger partial charge is 0.245 e. The summed E-state index contributed by atoms with van der Waals surface area (Å²) in [4.78, 5) is 14.1. The van der Waals surface area contributed by atoms with Crippen molar-refractivity contribution in [2.75, 3.05) is 18.1 Å². The lowest BCUT2D eigenvalue weighted by Gasteiger charge is -2.35. The summed E-state index contributed by atoms with van der Waals surface area (Å²) in [7, 11) is 0. The number of nitrogens with one attached hydrogen (secondary N) is 1. The van der Waals surface area contributed by atoms with Crippen molar-refractivity contribution in [3.05, 3.63) is 29.8 Å². The maximum atomic E-state index is 12.1. The van der Waals surface area contributed by atoms with Gasteiger partial charge in [0.05, 0.1) is 6.61 Å². The third-order valence-electron chi connectivity index (χ3n) is 3.80. The van der Waals surface area contributed by atoms with Crippen LogP contribution in [0.5, 0.6) is 0 Å². The second-order valence-corrected chi connectivity index (χ2v) is 5.02. The van der Waals surface area contributed by atoms with E-state index >= 15 is 0 Å². The average Bonchev–Trinajstić information content (AvgIpc) is 2.57. The fourth-order valence-electron chi connectivity index (χ4n) is 2.73. The molecule has 1 aliphatic heterocycles. The van der Waals surface area contributed by atoms with Gasteiger partial charge in [-0.05, 0) is 31.4 Å². The highest BCUT2D eigenvalue weighted by Crippen LogP contribution is 2.27. The van der Waals surface area contributed by atoms with Gasteiger partial charge in [0.1, 0.15) is 6.04 Å². The molecule has 0 aliphatic carbocycles. The summed E-state index contributed by atoms with van der Waals surface area (Å²) >= 11 is 0. The predicted octanol–water partition coefficient (Wildman–Crippen LogP) is 1.32. The van der Waals surface area contributed by atoms with Crippen molar-refractivity contribution in [1.82, 2.24) is 5.32 Å². The Kier molecular flexibility index (Phi) is 4.43. The van der Waals surface area contributed by atoms with E-state index in [0.717, 1.165) is 18.5 Å². The Morgan fingerprint density at radius 1 is 1.42 bits per heavy atom. The summed E-state index contributed by atoms with van der Waals surface area (Å²) in [6.45, 7) is 4.72. The molecule has 0 saturated carbocycles. The van der Waals surface area contributed by atoms with Crippen LogP contribution in [0, 0.1) is 0 Å². The van der Waals surface area contributed by atoms with Crippen LogP contribution in [0.1, 0.15) is 25.8 Å². The number of carbonyl (C=O) groups excluding carboxylic acids is 1. The largest absolute Gasteiger partial charge is 0.394 e. The number of carbonyl (C=O) groups is 1. The number of para-hydroxylation sites is 1. The lowest BCUT2D eigenvalue weighted by atomic mass is 10.0. The minimum Gasteiger partial charge on any atom is -0.394 e. The molecular formula is C15H22N2O2. The zero-order valence-corrected chi connectivity index (χ0v) is 11.6. The van der Waals surface area contributed by atoms with Crippen LogP contribution >= 0.6 is 0 Å². The van der Waals surface area contributed by atoms with E-state index in [0.29, 0.717) is 6.54 Å². The van der Waals surface area contributed by atoms with Crippen LogP contribution in [-0.4, -0.2) is 36.2 Å². The first-order chi connectivity index (χ1) is 9.19. The highest BCUT2D eigenvalue weighted by molar-refractivity contribution is 5.86. The van der Waals surface area contributed by atoms with Crippen molar-refractivity contribution < 1.29 is 9.90 Å². The summed E-state index contributed by atoms with van der Waals surface area (Å²) < 4.78 is 0. The van der Waals surface area contributed by atoms with Crippen LogP contribution in [0.25, 0.3) is 0 Å². The van der Waals surface area contributed by atoms with Gasteiger partial charge in [-0.1, -0.05) is 25.1 Å². The molecular weight excluding hydrogens is 240 g/mol. The lowest BCUT2D eigenvalue weighted by molar-refractivity contribution is -0.122. The first-order valence-corrected chi connectivity index (χ1v) is 6.93. The topological polar surface area (TPSA) is 52.6 Å². The molecule has 1 heterocycles. The molecule has 2 atom stereocenters. The zero-order chi connectivity index (χ0) is 13.8. The van der Waals surface area contributed by atoms with E-state index < -0.39 is 6.04 Å². The first-order valence-electron chi connectivity index (χ1n) is 6.93. The van der Waals surface area contributed by atoms with E-state index in [4.69, 9.17) is 0 Å². The van der Waals surface area contributed by atoms with Crippen LogP contribution in [0.4, 0.5) is 5.69 Å². The molecule has 1 aromatic carbocycles. The molecule has 2 rings (SSSR count). The van der Waals surface area contributed by atoms with E-state index in [9.17, 15) is 9.90 Å². The number of aryl methyl sites for hydroxylation is 1. The number of aliphatic hydroxyl groups is 1. The van der Waals surface area contributed by atoms with Gasteiger partial charge in [0.15, 0.2) is 0 Å². The van der Waals surface area contributed by atoms with E-state index in [1.807, 2.05) is 18.2 Å². The Bertz CT molecular complexity index is 448. The van der Waals surface area contributed by atoms with E-state index in [1.165, 1.54) is 5.56 Å². The molecule has 1 aromatic rings.